The molecular formula is C16H18BrNS. The summed E-state index contributed by atoms with van der Waals surface area (Å²) in [5.41, 5.74) is 8.39. The van der Waals surface area contributed by atoms with Crippen LogP contribution in [0.3, 0.4) is 0 Å². The number of aryl methyl sites for hydroxylation is 1. The summed E-state index contributed by atoms with van der Waals surface area (Å²) in [6.45, 7) is 4.13. The van der Waals surface area contributed by atoms with Gasteiger partial charge in [-0.3, -0.25) is 0 Å². The second kappa shape index (κ2) is 6.60. The lowest BCUT2D eigenvalue weighted by Gasteiger charge is -2.09. The maximum absolute atomic E-state index is 5.83. The topological polar surface area (TPSA) is 26.0 Å². The van der Waals surface area contributed by atoms with Gasteiger partial charge in [-0.05, 0) is 66.0 Å². The van der Waals surface area contributed by atoms with E-state index >= 15 is 0 Å². The van der Waals surface area contributed by atoms with Gasteiger partial charge in [-0.1, -0.05) is 35.5 Å². The first-order valence-corrected chi connectivity index (χ1v) is 7.94. The van der Waals surface area contributed by atoms with Crippen LogP contribution in [-0.2, 0) is 6.42 Å². The highest BCUT2D eigenvalue weighted by Crippen LogP contribution is 2.34. The van der Waals surface area contributed by atoms with Crippen LogP contribution in [0.1, 0.15) is 18.1 Å². The van der Waals surface area contributed by atoms with Crippen LogP contribution in [0.2, 0.25) is 0 Å². The van der Waals surface area contributed by atoms with Crippen LogP contribution < -0.4 is 5.73 Å². The molecule has 0 aliphatic heterocycles. The van der Waals surface area contributed by atoms with Crippen LogP contribution in [0.15, 0.2) is 56.7 Å². The molecule has 0 aliphatic carbocycles. The molecule has 0 heterocycles. The third-order valence-electron chi connectivity index (χ3n) is 2.80. The molecular weight excluding hydrogens is 318 g/mol. The van der Waals surface area contributed by atoms with Gasteiger partial charge in [0, 0.05) is 20.3 Å². The van der Waals surface area contributed by atoms with Crippen molar-refractivity contribution in [3.8, 4) is 0 Å². The number of hydrogen-bond acceptors (Lipinski definition) is 2. The van der Waals surface area contributed by atoms with Crippen molar-refractivity contribution >= 4 is 27.7 Å². The summed E-state index contributed by atoms with van der Waals surface area (Å²) >= 11 is 5.42. The summed E-state index contributed by atoms with van der Waals surface area (Å²) in [5, 5.41) is 0. The van der Waals surface area contributed by atoms with Crippen molar-refractivity contribution in [2.45, 2.75) is 36.1 Å². The second-order valence-corrected chi connectivity index (χ2v) is 6.83. The van der Waals surface area contributed by atoms with Gasteiger partial charge in [0.2, 0.25) is 0 Å². The van der Waals surface area contributed by atoms with Crippen molar-refractivity contribution < 1.29 is 0 Å². The Bertz CT molecular complexity index is 549. The predicted octanol–water partition coefficient (Wildman–Crippen LogP) is 4.80. The lowest BCUT2D eigenvalue weighted by molar-refractivity contribution is 0.737. The SMILES string of the molecule is Cc1ccc(Sc2ccc(CC(C)N)cc2Br)cc1. The molecule has 1 atom stereocenters. The normalized spacial score (nSPS) is 12.4. The molecule has 1 unspecified atom stereocenters. The molecule has 2 rings (SSSR count). The molecule has 19 heavy (non-hydrogen) atoms. The highest BCUT2D eigenvalue weighted by molar-refractivity contribution is 9.10. The summed E-state index contributed by atoms with van der Waals surface area (Å²) in [7, 11) is 0. The van der Waals surface area contributed by atoms with Crippen LogP contribution in [-0.4, -0.2) is 6.04 Å². The average molecular weight is 336 g/mol. The van der Waals surface area contributed by atoms with Crippen molar-refractivity contribution in [3.05, 3.63) is 58.1 Å². The Morgan fingerprint density at radius 3 is 2.42 bits per heavy atom. The summed E-state index contributed by atoms with van der Waals surface area (Å²) in [5.74, 6) is 0. The lowest BCUT2D eigenvalue weighted by atomic mass is 10.1. The van der Waals surface area contributed by atoms with E-state index in [1.807, 2.05) is 6.92 Å². The maximum atomic E-state index is 5.83. The first-order valence-electron chi connectivity index (χ1n) is 6.33. The second-order valence-electron chi connectivity index (χ2n) is 4.86. The zero-order chi connectivity index (χ0) is 13.8. The molecule has 2 aromatic carbocycles. The quantitative estimate of drug-likeness (QED) is 0.868. The first kappa shape index (κ1) is 14.6. The molecule has 0 aromatic heterocycles. The average Bonchev–Trinajstić information content (AvgIpc) is 2.34. The number of hydrogen-bond donors (Lipinski definition) is 1. The van der Waals surface area contributed by atoms with E-state index in [9.17, 15) is 0 Å². The molecule has 0 spiro atoms. The van der Waals surface area contributed by atoms with Crippen LogP contribution >= 0.6 is 27.7 Å². The zero-order valence-electron chi connectivity index (χ0n) is 11.2. The third kappa shape index (κ3) is 4.37. The Balaban J connectivity index is 2.15. The monoisotopic (exact) mass is 335 g/mol. The van der Waals surface area contributed by atoms with Crippen LogP contribution in [0.25, 0.3) is 0 Å². The highest BCUT2D eigenvalue weighted by atomic mass is 79.9. The minimum atomic E-state index is 0.197. The van der Waals surface area contributed by atoms with E-state index in [4.69, 9.17) is 5.73 Å². The van der Waals surface area contributed by atoms with Crippen molar-refractivity contribution in [3.63, 3.8) is 0 Å². The molecule has 1 nitrogen and oxygen atoms in total. The third-order valence-corrected chi connectivity index (χ3v) is 4.81. The van der Waals surface area contributed by atoms with Gasteiger partial charge < -0.3 is 5.73 Å². The zero-order valence-corrected chi connectivity index (χ0v) is 13.6. The fraction of sp³-hybridized carbons (Fsp3) is 0.250. The molecule has 0 amide bonds. The van der Waals surface area contributed by atoms with E-state index in [1.54, 1.807) is 11.8 Å². The Morgan fingerprint density at radius 2 is 1.84 bits per heavy atom. The van der Waals surface area contributed by atoms with Gasteiger partial charge >= 0.3 is 0 Å². The van der Waals surface area contributed by atoms with Crippen molar-refractivity contribution in [2.75, 3.05) is 0 Å². The van der Waals surface area contributed by atoms with E-state index in [2.05, 4.69) is 65.3 Å². The van der Waals surface area contributed by atoms with Gasteiger partial charge in [-0.15, -0.1) is 0 Å². The van der Waals surface area contributed by atoms with E-state index in [-0.39, 0.29) is 6.04 Å². The molecule has 0 fully saturated rings. The highest BCUT2D eigenvalue weighted by Gasteiger charge is 2.05. The molecule has 0 radical (unpaired) electrons. The van der Waals surface area contributed by atoms with Gasteiger partial charge in [0.25, 0.3) is 0 Å². The van der Waals surface area contributed by atoms with Gasteiger partial charge in [-0.25, -0.2) is 0 Å². The molecule has 0 saturated carbocycles. The molecule has 100 valence electrons. The minimum Gasteiger partial charge on any atom is -0.328 e. The van der Waals surface area contributed by atoms with E-state index in [1.165, 1.54) is 20.9 Å². The number of rotatable bonds is 4. The van der Waals surface area contributed by atoms with E-state index in [0.717, 1.165) is 10.9 Å². The number of halogens is 1. The molecule has 0 saturated heterocycles. The number of benzene rings is 2. The van der Waals surface area contributed by atoms with Crippen molar-refractivity contribution in [1.29, 1.82) is 0 Å². The first-order chi connectivity index (χ1) is 9.04. The molecule has 2 aromatic rings. The molecule has 0 aliphatic rings. The largest absolute Gasteiger partial charge is 0.328 e. The Kier molecular flexibility index (Phi) is 5.08. The Labute approximate surface area is 127 Å². The maximum Gasteiger partial charge on any atom is 0.0317 e. The number of nitrogens with two attached hydrogens (primary N) is 1. The standard InChI is InChI=1S/C16H18BrNS/c1-11-3-6-14(7-4-11)19-16-8-5-13(9-12(2)18)10-15(16)17/h3-8,10,12H,9,18H2,1-2H3. The fourth-order valence-corrected chi connectivity index (χ4v) is 3.35. The molecule has 0 bridgehead atoms. The van der Waals surface area contributed by atoms with E-state index in [0.29, 0.717) is 0 Å². The van der Waals surface area contributed by atoms with Crippen molar-refractivity contribution in [2.24, 2.45) is 5.73 Å². The Hall–Kier alpha value is -0.770. The van der Waals surface area contributed by atoms with Gasteiger partial charge in [-0.2, -0.15) is 0 Å². The predicted molar refractivity (Wildman–Crippen MR) is 86.8 cm³/mol. The van der Waals surface area contributed by atoms with Gasteiger partial charge in [0.05, 0.1) is 0 Å². The Morgan fingerprint density at radius 1 is 1.16 bits per heavy atom. The summed E-state index contributed by atoms with van der Waals surface area (Å²) in [6, 6.07) is 15.3. The van der Waals surface area contributed by atoms with Gasteiger partial charge in [0.15, 0.2) is 0 Å². The lowest BCUT2D eigenvalue weighted by Crippen LogP contribution is -2.17. The summed E-state index contributed by atoms with van der Waals surface area (Å²) < 4.78 is 1.14. The summed E-state index contributed by atoms with van der Waals surface area (Å²) in [4.78, 5) is 2.49. The van der Waals surface area contributed by atoms with Crippen molar-refractivity contribution in [1.82, 2.24) is 0 Å². The fourth-order valence-electron chi connectivity index (χ4n) is 1.86. The van der Waals surface area contributed by atoms with Crippen LogP contribution in [0.4, 0.5) is 0 Å². The minimum absolute atomic E-state index is 0.197. The van der Waals surface area contributed by atoms with E-state index < -0.39 is 0 Å². The van der Waals surface area contributed by atoms with Crippen LogP contribution in [0, 0.1) is 6.92 Å². The van der Waals surface area contributed by atoms with Crippen LogP contribution in [0.5, 0.6) is 0 Å². The molecule has 2 N–H and O–H groups in total. The van der Waals surface area contributed by atoms with Gasteiger partial charge in [0.1, 0.15) is 0 Å². The smallest absolute Gasteiger partial charge is 0.0317 e. The molecule has 3 heteroatoms. The summed E-state index contributed by atoms with van der Waals surface area (Å²) in [6.07, 6.45) is 0.911.